The van der Waals surface area contributed by atoms with E-state index in [-0.39, 0.29) is 17.9 Å². The Morgan fingerprint density at radius 3 is 2.52 bits per heavy atom. The lowest BCUT2D eigenvalue weighted by molar-refractivity contribution is -0.142. The predicted octanol–water partition coefficient (Wildman–Crippen LogP) is 3.73. The van der Waals surface area contributed by atoms with Crippen LogP contribution in [0.25, 0.3) is 0 Å². The number of hydrogen-bond donors (Lipinski definition) is 0. The first-order chi connectivity index (χ1) is 15.0. The summed E-state index contributed by atoms with van der Waals surface area (Å²) in [6, 6.07) is 15.3. The van der Waals surface area contributed by atoms with E-state index in [2.05, 4.69) is 9.72 Å². The molecule has 0 radical (unpaired) electrons. The molecule has 0 aliphatic rings. The van der Waals surface area contributed by atoms with Gasteiger partial charge in [-0.3, -0.25) is 4.98 Å². The molecule has 1 unspecified atom stereocenters. The molecular weight excluding hydrogens is 405 g/mol. The van der Waals surface area contributed by atoms with Crippen molar-refractivity contribution in [2.24, 2.45) is 0 Å². The third kappa shape index (κ3) is 5.57. The fraction of sp³-hybridized carbons (Fsp3) is 0.174. The third-order valence-electron chi connectivity index (χ3n) is 4.31. The lowest BCUT2D eigenvalue weighted by atomic mass is 10.1. The molecule has 7 nitrogen and oxygen atoms in total. The van der Waals surface area contributed by atoms with Gasteiger partial charge in [0.15, 0.2) is 24.2 Å². The van der Waals surface area contributed by atoms with Crippen molar-refractivity contribution < 1.29 is 32.9 Å². The molecule has 1 aromatic heterocycles. The molecule has 0 saturated carbocycles. The van der Waals surface area contributed by atoms with E-state index in [1.54, 1.807) is 30.5 Å². The van der Waals surface area contributed by atoms with Crippen LogP contribution in [-0.4, -0.2) is 37.7 Å². The van der Waals surface area contributed by atoms with Gasteiger partial charge in [-0.15, -0.1) is 0 Å². The van der Waals surface area contributed by atoms with E-state index in [1.165, 1.54) is 50.6 Å². The number of benzene rings is 2. The minimum atomic E-state index is -0.925. The van der Waals surface area contributed by atoms with E-state index in [4.69, 9.17) is 14.2 Å². The number of carbonyl (C=O) groups excluding carboxylic acids is 2. The second kappa shape index (κ2) is 10.2. The van der Waals surface area contributed by atoms with Crippen LogP contribution >= 0.6 is 0 Å². The average Bonchev–Trinajstić information content (AvgIpc) is 2.81. The van der Waals surface area contributed by atoms with Crippen LogP contribution in [0, 0.1) is 5.82 Å². The SMILES string of the molecule is COC(=O)COc1cc(C(=O)OC(c2cccc(F)c2)c2ccccn2)ccc1OC. The first-order valence-electron chi connectivity index (χ1n) is 9.27. The molecule has 0 saturated heterocycles. The minimum absolute atomic E-state index is 0.151. The summed E-state index contributed by atoms with van der Waals surface area (Å²) in [5, 5.41) is 0. The molecule has 160 valence electrons. The lowest BCUT2D eigenvalue weighted by Crippen LogP contribution is -2.15. The highest BCUT2D eigenvalue weighted by Crippen LogP contribution is 2.31. The average molecular weight is 425 g/mol. The normalized spacial score (nSPS) is 11.3. The maximum Gasteiger partial charge on any atom is 0.343 e. The number of rotatable bonds is 8. The highest BCUT2D eigenvalue weighted by Gasteiger charge is 2.23. The first kappa shape index (κ1) is 21.8. The van der Waals surface area contributed by atoms with Crippen molar-refractivity contribution in [1.82, 2.24) is 4.98 Å². The zero-order chi connectivity index (χ0) is 22.2. The van der Waals surface area contributed by atoms with Gasteiger partial charge in [-0.05, 0) is 42.5 Å². The van der Waals surface area contributed by atoms with E-state index in [1.807, 2.05) is 0 Å². The molecule has 1 atom stereocenters. The van der Waals surface area contributed by atoms with E-state index in [9.17, 15) is 14.0 Å². The standard InChI is InChI=1S/C23H20FNO6/c1-28-19-10-9-16(13-20(19)30-14-21(26)29-2)23(27)31-22(18-8-3-4-11-25-18)15-6-5-7-17(24)12-15/h3-13,22H,14H2,1-2H3. The van der Waals surface area contributed by atoms with Crippen LogP contribution in [0.5, 0.6) is 11.5 Å². The molecule has 0 aliphatic carbocycles. The number of methoxy groups -OCH3 is 2. The van der Waals surface area contributed by atoms with Crippen molar-refractivity contribution in [3.8, 4) is 11.5 Å². The molecule has 0 N–H and O–H groups in total. The van der Waals surface area contributed by atoms with Gasteiger partial charge in [0.05, 0.1) is 25.5 Å². The van der Waals surface area contributed by atoms with Crippen LogP contribution in [-0.2, 0) is 14.3 Å². The highest BCUT2D eigenvalue weighted by atomic mass is 19.1. The smallest absolute Gasteiger partial charge is 0.343 e. The van der Waals surface area contributed by atoms with Gasteiger partial charge in [0.2, 0.25) is 0 Å². The summed E-state index contributed by atoms with van der Waals surface area (Å²) in [7, 11) is 2.67. The molecule has 3 rings (SSSR count). The maximum atomic E-state index is 13.8. The van der Waals surface area contributed by atoms with Gasteiger partial charge in [-0.2, -0.15) is 0 Å². The molecule has 2 aromatic carbocycles. The van der Waals surface area contributed by atoms with Crippen LogP contribution in [0.1, 0.15) is 27.7 Å². The number of nitrogens with zero attached hydrogens (tertiary/aromatic N) is 1. The van der Waals surface area contributed by atoms with Crippen LogP contribution in [0.2, 0.25) is 0 Å². The summed E-state index contributed by atoms with van der Waals surface area (Å²) in [6.45, 7) is -0.356. The molecule has 0 fully saturated rings. The van der Waals surface area contributed by atoms with Crippen LogP contribution in [0.4, 0.5) is 4.39 Å². The molecule has 0 aliphatic heterocycles. The van der Waals surface area contributed by atoms with Gasteiger partial charge in [0.25, 0.3) is 0 Å². The second-order valence-electron chi connectivity index (χ2n) is 6.33. The summed E-state index contributed by atoms with van der Waals surface area (Å²) in [5.41, 5.74) is 1.03. The Morgan fingerprint density at radius 1 is 1.00 bits per heavy atom. The lowest BCUT2D eigenvalue weighted by Gasteiger charge is -2.18. The van der Waals surface area contributed by atoms with Crippen molar-refractivity contribution in [1.29, 1.82) is 0 Å². The Labute approximate surface area is 178 Å². The first-order valence-corrected chi connectivity index (χ1v) is 9.27. The molecule has 0 bridgehead atoms. The number of halogens is 1. The fourth-order valence-electron chi connectivity index (χ4n) is 2.79. The van der Waals surface area contributed by atoms with Gasteiger partial charge < -0.3 is 18.9 Å². The fourth-order valence-corrected chi connectivity index (χ4v) is 2.79. The number of pyridine rings is 1. The van der Waals surface area contributed by atoms with Gasteiger partial charge in [-0.1, -0.05) is 18.2 Å². The molecular formula is C23H20FNO6. The molecule has 3 aromatic rings. The number of hydrogen-bond acceptors (Lipinski definition) is 7. The van der Waals surface area contributed by atoms with Crippen LogP contribution in [0.3, 0.4) is 0 Å². The highest BCUT2D eigenvalue weighted by molar-refractivity contribution is 5.90. The zero-order valence-electron chi connectivity index (χ0n) is 16.9. The topological polar surface area (TPSA) is 84.0 Å². The Kier molecular flexibility index (Phi) is 7.16. The Balaban J connectivity index is 1.88. The molecule has 1 heterocycles. The van der Waals surface area contributed by atoms with Crippen molar-refractivity contribution in [2.75, 3.05) is 20.8 Å². The van der Waals surface area contributed by atoms with Gasteiger partial charge >= 0.3 is 11.9 Å². The van der Waals surface area contributed by atoms with Crippen molar-refractivity contribution >= 4 is 11.9 Å². The quantitative estimate of drug-likeness (QED) is 0.509. The summed E-state index contributed by atoms with van der Waals surface area (Å²) in [4.78, 5) is 28.5. The van der Waals surface area contributed by atoms with Crippen LogP contribution in [0.15, 0.2) is 66.9 Å². The number of aromatic nitrogens is 1. The number of esters is 2. The van der Waals surface area contributed by atoms with Crippen LogP contribution < -0.4 is 9.47 Å². The summed E-state index contributed by atoms with van der Waals surface area (Å²) < 4.78 is 34.6. The predicted molar refractivity (Wildman–Crippen MR) is 108 cm³/mol. The Bertz CT molecular complexity index is 1060. The van der Waals surface area contributed by atoms with Gasteiger partial charge in [0, 0.05) is 11.8 Å². The summed E-state index contributed by atoms with van der Waals surface area (Å²) in [6.07, 6.45) is 0.632. The maximum absolute atomic E-state index is 13.8. The number of carbonyl (C=O) groups is 2. The minimum Gasteiger partial charge on any atom is -0.493 e. The van der Waals surface area contributed by atoms with Crippen molar-refractivity contribution in [2.45, 2.75) is 6.10 Å². The molecule has 8 heteroatoms. The molecule has 0 spiro atoms. The van der Waals surface area contributed by atoms with E-state index in [0.717, 1.165) is 0 Å². The largest absolute Gasteiger partial charge is 0.493 e. The second-order valence-corrected chi connectivity index (χ2v) is 6.33. The molecule has 31 heavy (non-hydrogen) atoms. The third-order valence-corrected chi connectivity index (χ3v) is 4.31. The van der Waals surface area contributed by atoms with E-state index in [0.29, 0.717) is 17.0 Å². The summed E-state index contributed by atoms with van der Waals surface area (Å²) in [5.74, 6) is -1.24. The van der Waals surface area contributed by atoms with Crippen molar-refractivity contribution in [3.05, 3.63) is 89.5 Å². The molecule has 0 amide bonds. The van der Waals surface area contributed by atoms with Gasteiger partial charge in [0.1, 0.15) is 5.82 Å². The Morgan fingerprint density at radius 2 is 1.84 bits per heavy atom. The monoisotopic (exact) mass is 425 g/mol. The van der Waals surface area contributed by atoms with E-state index >= 15 is 0 Å². The number of ether oxygens (including phenoxy) is 4. The van der Waals surface area contributed by atoms with Gasteiger partial charge in [-0.25, -0.2) is 14.0 Å². The Hall–Kier alpha value is -3.94. The summed E-state index contributed by atoms with van der Waals surface area (Å²) >= 11 is 0. The van der Waals surface area contributed by atoms with Crippen molar-refractivity contribution in [3.63, 3.8) is 0 Å². The zero-order valence-corrected chi connectivity index (χ0v) is 16.9. The van der Waals surface area contributed by atoms with E-state index < -0.39 is 23.9 Å².